The van der Waals surface area contributed by atoms with Crippen LogP contribution in [0.1, 0.15) is 17.3 Å². The van der Waals surface area contributed by atoms with E-state index in [-0.39, 0.29) is 29.8 Å². The Bertz CT molecular complexity index is 693. The van der Waals surface area contributed by atoms with Crippen LogP contribution >= 0.6 is 0 Å². The van der Waals surface area contributed by atoms with E-state index in [1.54, 1.807) is 20.0 Å². The summed E-state index contributed by atoms with van der Waals surface area (Å²) in [5.41, 5.74) is 6.23. The summed E-state index contributed by atoms with van der Waals surface area (Å²) < 4.78 is 18.2. The van der Waals surface area contributed by atoms with Gasteiger partial charge in [-0.2, -0.15) is 9.97 Å². The molecule has 7 nitrogen and oxygen atoms in total. The molecule has 0 aliphatic rings. The van der Waals surface area contributed by atoms with Gasteiger partial charge in [-0.3, -0.25) is 0 Å². The number of benzene rings is 1. The third-order valence-corrected chi connectivity index (χ3v) is 2.73. The Hall–Kier alpha value is -2.90. The molecule has 0 saturated carbocycles. The van der Waals surface area contributed by atoms with E-state index in [4.69, 9.17) is 10.5 Å². The number of aromatic nitrogens is 2. The molecule has 1 heterocycles. The van der Waals surface area contributed by atoms with Crippen LogP contribution in [-0.4, -0.2) is 29.6 Å². The minimum Gasteiger partial charge on any atom is -0.462 e. The molecule has 1 aromatic heterocycles. The number of carbonyl (C=O) groups is 1. The third kappa shape index (κ3) is 3.40. The highest BCUT2D eigenvalue weighted by Crippen LogP contribution is 2.25. The van der Waals surface area contributed by atoms with Gasteiger partial charge in [0.05, 0.1) is 6.61 Å². The molecular formula is C14H16FN5O2. The van der Waals surface area contributed by atoms with Gasteiger partial charge < -0.3 is 21.1 Å². The number of anilines is 4. The molecular weight excluding hydrogens is 289 g/mol. The molecule has 0 aliphatic carbocycles. The van der Waals surface area contributed by atoms with Crippen molar-refractivity contribution in [2.75, 3.05) is 30.0 Å². The van der Waals surface area contributed by atoms with Gasteiger partial charge in [0.1, 0.15) is 17.2 Å². The van der Waals surface area contributed by atoms with Crippen molar-refractivity contribution >= 4 is 29.2 Å². The summed E-state index contributed by atoms with van der Waals surface area (Å²) in [6.07, 6.45) is 0. The molecule has 2 aromatic rings. The lowest BCUT2D eigenvalue weighted by atomic mass is 10.2. The molecule has 8 heteroatoms. The number of ether oxygens (including phenoxy) is 1. The Morgan fingerprint density at radius 1 is 1.41 bits per heavy atom. The lowest BCUT2D eigenvalue weighted by molar-refractivity contribution is 0.0528. The maximum absolute atomic E-state index is 13.3. The number of nitrogens with two attached hydrogens (primary N) is 1. The van der Waals surface area contributed by atoms with Gasteiger partial charge in [0.15, 0.2) is 5.82 Å². The smallest absolute Gasteiger partial charge is 0.345 e. The van der Waals surface area contributed by atoms with Crippen molar-refractivity contribution in [3.05, 3.63) is 35.6 Å². The lowest BCUT2D eigenvalue weighted by Crippen LogP contribution is -2.15. The molecule has 0 spiro atoms. The van der Waals surface area contributed by atoms with Crippen molar-refractivity contribution in [3.63, 3.8) is 0 Å². The summed E-state index contributed by atoms with van der Waals surface area (Å²) in [5.74, 6) is -0.734. The Balaban J connectivity index is 2.46. The van der Waals surface area contributed by atoms with Crippen LogP contribution in [0.3, 0.4) is 0 Å². The second kappa shape index (κ2) is 6.70. The van der Waals surface area contributed by atoms with E-state index in [1.165, 1.54) is 18.2 Å². The standard InChI is InChI=1S/C14H16FN5O2/c1-3-22-13(21)10-11(16)19-14(17-2)20-12(10)18-9-6-4-5-8(15)7-9/h4-7H,3H2,1-2H3,(H4,16,17,18,19,20). The van der Waals surface area contributed by atoms with Crippen LogP contribution in [0.25, 0.3) is 0 Å². The van der Waals surface area contributed by atoms with Crippen LogP contribution in [0.2, 0.25) is 0 Å². The van der Waals surface area contributed by atoms with E-state index in [9.17, 15) is 9.18 Å². The highest BCUT2D eigenvalue weighted by Gasteiger charge is 2.21. The molecule has 22 heavy (non-hydrogen) atoms. The summed E-state index contributed by atoms with van der Waals surface area (Å²) in [6, 6.07) is 5.75. The zero-order valence-electron chi connectivity index (χ0n) is 12.2. The molecule has 0 aliphatic heterocycles. The van der Waals surface area contributed by atoms with E-state index in [2.05, 4.69) is 20.6 Å². The topological polar surface area (TPSA) is 102 Å². The van der Waals surface area contributed by atoms with Gasteiger partial charge in [-0.25, -0.2) is 9.18 Å². The predicted octanol–water partition coefficient (Wildman–Crippen LogP) is 2.16. The van der Waals surface area contributed by atoms with Crippen molar-refractivity contribution in [2.45, 2.75) is 6.92 Å². The number of hydrogen-bond donors (Lipinski definition) is 3. The largest absolute Gasteiger partial charge is 0.462 e. The summed E-state index contributed by atoms with van der Waals surface area (Å²) in [6.45, 7) is 1.86. The summed E-state index contributed by atoms with van der Waals surface area (Å²) in [7, 11) is 1.62. The average Bonchev–Trinajstić information content (AvgIpc) is 2.46. The first-order chi connectivity index (χ1) is 10.5. The molecule has 0 radical (unpaired) electrons. The molecule has 4 N–H and O–H groups in total. The fourth-order valence-corrected chi connectivity index (χ4v) is 1.79. The highest BCUT2D eigenvalue weighted by molar-refractivity contribution is 6.00. The molecule has 116 valence electrons. The maximum atomic E-state index is 13.3. The Labute approximate surface area is 126 Å². The normalized spacial score (nSPS) is 10.1. The van der Waals surface area contributed by atoms with Crippen molar-refractivity contribution < 1.29 is 13.9 Å². The van der Waals surface area contributed by atoms with Gasteiger partial charge in [0.25, 0.3) is 0 Å². The summed E-state index contributed by atoms with van der Waals surface area (Å²) >= 11 is 0. The highest BCUT2D eigenvalue weighted by atomic mass is 19.1. The fraction of sp³-hybridized carbons (Fsp3) is 0.214. The first-order valence-corrected chi connectivity index (χ1v) is 6.60. The zero-order valence-corrected chi connectivity index (χ0v) is 12.2. The van der Waals surface area contributed by atoms with E-state index in [1.807, 2.05) is 0 Å². The van der Waals surface area contributed by atoms with Crippen molar-refractivity contribution in [1.82, 2.24) is 9.97 Å². The van der Waals surface area contributed by atoms with Gasteiger partial charge in [0, 0.05) is 12.7 Å². The number of carbonyl (C=O) groups excluding carboxylic acids is 1. The van der Waals surface area contributed by atoms with E-state index < -0.39 is 11.8 Å². The molecule has 0 fully saturated rings. The first-order valence-electron chi connectivity index (χ1n) is 6.60. The number of nitrogens with one attached hydrogen (secondary N) is 2. The van der Waals surface area contributed by atoms with Gasteiger partial charge in [0.2, 0.25) is 5.95 Å². The van der Waals surface area contributed by atoms with E-state index in [0.29, 0.717) is 5.69 Å². The summed E-state index contributed by atoms with van der Waals surface area (Å²) in [5, 5.41) is 5.59. The quantitative estimate of drug-likeness (QED) is 0.727. The minimum absolute atomic E-state index is 0.00473. The van der Waals surface area contributed by atoms with Gasteiger partial charge >= 0.3 is 5.97 Å². The molecule has 0 bridgehead atoms. The molecule has 0 saturated heterocycles. The fourth-order valence-electron chi connectivity index (χ4n) is 1.79. The van der Waals surface area contributed by atoms with Crippen LogP contribution in [0.4, 0.5) is 27.7 Å². The molecule has 0 amide bonds. The van der Waals surface area contributed by atoms with Gasteiger partial charge in [-0.1, -0.05) is 6.07 Å². The van der Waals surface area contributed by atoms with E-state index in [0.717, 1.165) is 0 Å². The number of nitrogen functional groups attached to an aromatic ring is 1. The SMILES string of the molecule is CCOC(=O)c1c(N)nc(NC)nc1Nc1cccc(F)c1. The average molecular weight is 305 g/mol. The van der Waals surface area contributed by atoms with Crippen LogP contribution in [0.15, 0.2) is 24.3 Å². The maximum Gasteiger partial charge on any atom is 0.345 e. The van der Waals surface area contributed by atoms with Crippen molar-refractivity contribution in [1.29, 1.82) is 0 Å². The summed E-state index contributed by atoms with van der Waals surface area (Å²) in [4.78, 5) is 20.1. The molecule has 0 atom stereocenters. The molecule has 2 rings (SSSR count). The Morgan fingerprint density at radius 3 is 2.82 bits per heavy atom. The Morgan fingerprint density at radius 2 is 2.18 bits per heavy atom. The predicted molar refractivity (Wildman–Crippen MR) is 81.6 cm³/mol. The van der Waals surface area contributed by atoms with Gasteiger partial charge in [-0.05, 0) is 25.1 Å². The monoisotopic (exact) mass is 305 g/mol. The van der Waals surface area contributed by atoms with E-state index >= 15 is 0 Å². The molecule has 0 unspecified atom stereocenters. The number of rotatable bonds is 5. The zero-order chi connectivity index (χ0) is 16.1. The van der Waals surface area contributed by atoms with Gasteiger partial charge in [-0.15, -0.1) is 0 Å². The van der Waals surface area contributed by atoms with Crippen LogP contribution in [-0.2, 0) is 4.74 Å². The Kier molecular flexibility index (Phi) is 4.72. The number of esters is 1. The number of halogens is 1. The van der Waals surface area contributed by atoms with Crippen molar-refractivity contribution in [2.24, 2.45) is 0 Å². The number of nitrogens with zero attached hydrogens (tertiary/aromatic N) is 2. The molecule has 1 aromatic carbocycles. The first kappa shape index (κ1) is 15.5. The van der Waals surface area contributed by atoms with Crippen LogP contribution < -0.4 is 16.4 Å². The minimum atomic E-state index is -0.651. The second-order valence-electron chi connectivity index (χ2n) is 4.26. The second-order valence-corrected chi connectivity index (χ2v) is 4.26. The van der Waals surface area contributed by atoms with Crippen LogP contribution in [0, 0.1) is 5.82 Å². The lowest BCUT2D eigenvalue weighted by Gasteiger charge is -2.13. The van der Waals surface area contributed by atoms with Crippen LogP contribution in [0.5, 0.6) is 0 Å². The number of hydrogen-bond acceptors (Lipinski definition) is 7. The third-order valence-electron chi connectivity index (χ3n) is 2.73. The van der Waals surface area contributed by atoms with Crippen molar-refractivity contribution in [3.8, 4) is 0 Å².